The number of carbonyl (C=O) groups excluding carboxylic acids is 5. The molecular weight excluding hydrogens is 733 g/mol. The molecule has 0 fully saturated rings. The third kappa shape index (κ3) is 10.2. The number of nitrogens with one attached hydrogen (secondary N) is 3. The average Bonchev–Trinajstić information content (AvgIpc) is 3.50. The van der Waals surface area contributed by atoms with Gasteiger partial charge in [0, 0.05) is 39.2 Å². The maximum Gasteiger partial charge on any atom is 0.410 e. The lowest BCUT2D eigenvalue weighted by atomic mass is 10.0. The zero-order valence-corrected chi connectivity index (χ0v) is 31.9. The van der Waals surface area contributed by atoms with Gasteiger partial charge in [-0.15, -0.1) is 23.1 Å². The SMILES string of the molecule is COC(=O)c1c(NC(=O)CSc2cccc(NC(=O)/C(=C\c3ccc(O)cc3OC)NC(=O)c3ccccc3)c2)sc2c1CCN(C(=O)OC(C)(C)C)C2. The van der Waals surface area contributed by atoms with Gasteiger partial charge in [-0.2, -0.15) is 0 Å². The molecule has 1 aliphatic heterocycles. The van der Waals surface area contributed by atoms with Crippen LogP contribution in [0.2, 0.25) is 0 Å². The van der Waals surface area contributed by atoms with Crippen LogP contribution in [-0.2, 0) is 32.0 Å². The summed E-state index contributed by atoms with van der Waals surface area (Å²) in [6.07, 6.45) is 1.38. The summed E-state index contributed by atoms with van der Waals surface area (Å²) in [5, 5.41) is 18.6. The second-order valence-corrected chi connectivity index (χ2v) is 15.1. The van der Waals surface area contributed by atoms with E-state index in [1.807, 2.05) is 0 Å². The highest BCUT2D eigenvalue weighted by Gasteiger charge is 2.32. The Kier molecular flexibility index (Phi) is 12.7. The number of anilines is 2. The minimum absolute atomic E-state index is 0.0243. The van der Waals surface area contributed by atoms with E-state index in [-0.39, 0.29) is 41.0 Å². The lowest BCUT2D eigenvalue weighted by Gasteiger charge is -2.30. The number of benzene rings is 3. The number of phenols is 1. The standard InChI is InChI=1S/C39H40N4O9S2/c1-39(2,3)52-38(49)43-17-16-28-31(21-43)54-36(33(28)37(48)51-5)42-32(45)22-53-27-13-9-12-25(19-27)40-35(47)29(41-34(46)23-10-7-6-8-11-23)18-24-14-15-26(44)20-30(24)50-4/h6-15,18-20,44H,16-17,21-22H2,1-5H3,(H,40,47)(H,41,46)(H,42,45)/b29-18+. The fraction of sp³-hybridized carbons (Fsp3) is 0.256. The molecule has 0 saturated carbocycles. The first kappa shape index (κ1) is 39.4. The van der Waals surface area contributed by atoms with Crippen LogP contribution < -0.4 is 20.7 Å². The minimum atomic E-state index is -0.657. The highest BCUT2D eigenvalue weighted by atomic mass is 32.2. The molecule has 54 heavy (non-hydrogen) atoms. The number of ether oxygens (including phenoxy) is 3. The van der Waals surface area contributed by atoms with Gasteiger partial charge in [0.25, 0.3) is 11.8 Å². The van der Waals surface area contributed by atoms with Gasteiger partial charge in [-0.3, -0.25) is 14.4 Å². The highest BCUT2D eigenvalue weighted by molar-refractivity contribution is 8.00. The van der Waals surface area contributed by atoms with E-state index in [4.69, 9.17) is 14.2 Å². The summed E-state index contributed by atoms with van der Waals surface area (Å²) in [6.45, 7) is 5.96. The van der Waals surface area contributed by atoms with Crippen molar-refractivity contribution in [2.24, 2.45) is 0 Å². The molecule has 0 radical (unpaired) electrons. The lowest BCUT2D eigenvalue weighted by molar-refractivity contribution is -0.114. The summed E-state index contributed by atoms with van der Waals surface area (Å²) in [5.74, 6) is -1.86. The van der Waals surface area contributed by atoms with Crippen LogP contribution in [0.1, 0.15) is 57.5 Å². The fourth-order valence-electron chi connectivity index (χ4n) is 5.38. The van der Waals surface area contributed by atoms with Crippen molar-refractivity contribution in [1.82, 2.24) is 10.2 Å². The molecule has 0 atom stereocenters. The second-order valence-electron chi connectivity index (χ2n) is 13.0. The number of hydrogen-bond acceptors (Lipinski definition) is 11. The van der Waals surface area contributed by atoms with Gasteiger partial charge in [0.05, 0.1) is 32.1 Å². The first-order chi connectivity index (χ1) is 25.7. The molecule has 1 aromatic heterocycles. The van der Waals surface area contributed by atoms with Crippen LogP contribution in [0.5, 0.6) is 11.5 Å². The summed E-state index contributed by atoms with van der Waals surface area (Å²) in [4.78, 5) is 68.4. The quantitative estimate of drug-likeness (QED) is 0.0732. The smallest absolute Gasteiger partial charge is 0.410 e. The van der Waals surface area contributed by atoms with E-state index < -0.39 is 29.5 Å². The summed E-state index contributed by atoms with van der Waals surface area (Å²) in [7, 11) is 2.70. The van der Waals surface area contributed by atoms with E-state index in [0.717, 1.165) is 10.4 Å². The zero-order chi connectivity index (χ0) is 39.0. The Balaban J connectivity index is 1.28. The summed E-state index contributed by atoms with van der Waals surface area (Å²) in [6, 6.07) is 19.6. The summed E-state index contributed by atoms with van der Waals surface area (Å²) in [5.41, 5.74) is 1.44. The van der Waals surface area contributed by atoms with Crippen LogP contribution in [-0.4, -0.2) is 71.9 Å². The van der Waals surface area contributed by atoms with E-state index in [1.165, 1.54) is 55.5 Å². The monoisotopic (exact) mass is 772 g/mol. The Morgan fingerprint density at radius 3 is 2.43 bits per heavy atom. The van der Waals surface area contributed by atoms with Gasteiger partial charge in [0.15, 0.2) is 0 Å². The number of fused-ring (bicyclic) bond motifs is 1. The van der Waals surface area contributed by atoms with Gasteiger partial charge < -0.3 is 40.2 Å². The van der Waals surface area contributed by atoms with Gasteiger partial charge in [-0.05, 0) is 81.3 Å². The van der Waals surface area contributed by atoms with E-state index >= 15 is 0 Å². The molecule has 0 saturated heterocycles. The van der Waals surface area contributed by atoms with Crippen LogP contribution in [0.15, 0.2) is 83.4 Å². The minimum Gasteiger partial charge on any atom is -0.508 e. The van der Waals surface area contributed by atoms with Crippen molar-refractivity contribution >= 4 is 69.6 Å². The predicted molar refractivity (Wildman–Crippen MR) is 207 cm³/mol. The number of methoxy groups -OCH3 is 2. The van der Waals surface area contributed by atoms with Crippen LogP contribution >= 0.6 is 23.1 Å². The molecule has 3 aromatic carbocycles. The van der Waals surface area contributed by atoms with Crippen molar-refractivity contribution in [3.8, 4) is 11.5 Å². The number of phenolic OH excluding ortho intramolecular Hbond substituents is 1. The summed E-state index contributed by atoms with van der Waals surface area (Å²) < 4.78 is 15.9. The van der Waals surface area contributed by atoms with Crippen molar-refractivity contribution in [2.45, 2.75) is 44.2 Å². The van der Waals surface area contributed by atoms with Gasteiger partial charge in [-0.25, -0.2) is 9.59 Å². The first-order valence-electron chi connectivity index (χ1n) is 16.7. The normalized spacial score (nSPS) is 12.6. The van der Waals surface area contributed by atoms with Crippen molar-refractivity contribution in [1.29, 1.82) is 0 Å². The van der Waals surface area contributed by atoms with Crippen molar-refractivity contribution in [3.63, 3.8) is 0 Å². The van der Waals surface area contributed by atoms with Gasteiger partial charge in [0.2, 0.25) is 5.91 Å². The molecule has 2 heterocycles. The Morgan fingerprint density at radius 2 is 1.72 bits per heavy atom. The third-order valence-corrected chi connectivity index (χ3v) is 9.98. The molecule has 0 bridgehead atoms. The van der Waals surface area contributed by atoms with E-state index in [1.54, 1.807) is 86.3 Å². The molecule has 1 aliphatic rings. The highest BCUT2D eigenvalue weighted by Crippen LogP contribution is 2.38. The van der Waals surface area contributed by atoms with Gasteiger partial charge in [-0.1, -0.05) is 24.3 Å². The maximum absolute atomic E-state index is 13.6. The molecule has 4 aromatic rings. The number of nitrogens with zero attached hydrogens (tertiary/aromatic N) is 1. The number of rotatable bonds is 11. The molecular formula is C39H40N4O9S2. The van der Waals surface area contributed by atoms with Crippen molar-refractivity contribution in [3.05, 3.63) is 106 Å². The molecule has 0 spiro atoms. The number of aromatic hydroxyl groups is 1. The van der Waals surface area contributed by atoms with Crippen LogP contribution in [0, 0.1) is 0 Å². The predicted octanol–water partition coefficient (Wildman–Crippen LogP) is 6.68. The molecule has 4 N–H and O–H groups in total. The molecule has 15 heteroatoms. The van der Waals surface area contributed by atoms with Crippen LogP contribution in [0.4, 0.5) is 15.5 Å². The molecule has 0 aliphatic carbocycles. The van der Waals surface area contributed by atoms with Crippen LogP contribution in [0.3, 0.4) is 0 Å². The number of carbonyl (C=O) groups is 5. The number of thiophene rings is 1. The largest absolute Gasteiger partial charge is 0.508 e. The average molecular weight is 773 g/mol. The Morgan fingerprint density at radius 1 is 0.963 bits per heavy atom. The van der Waals surface area contributed by atoms with Crippen molar-refractivity contribution < 1.29 is 43.3 Å². The third-order valence-electron chi connectivity index (χ3n) is 7.86. The number of thioether (sulfide) groups is 1. The molecule has 4 amide bonds. The number of amides is 4. The van der Waals surface area contributed by atoms with Crippen molar-refractivity contribution in [2.75, 3.05) is 37.2 Å². The zero-order valence-electron chi connectivity index (χ0n) is 30.3. The van der Waals surface area contributed by atoms with E-state index in [2.05, 4.69) is 16.0 Å². The lowest BCUT2D eigenvalue weighted by Crippen LogP contribution is -2.39. The summed E-state index contributed by atoms with van der Waals surface area (Å²) >= 11 is 2.43. The molecule has 282 valence electrons. The van der Waals surface area contributed by atoms with E-state index in [9.17, 15) is 29.1 Å². The maximum atomic E-state index is 13.6. The fourth-order valence-corrected chi connectivity index (χ4v) is 7.41. The van der Waals surface area contributed by atoms with E-state index in [0.29, 0.717) is 39.7 Å². The molecule has 13 nitrogen and oxygen atoms in total. The second kappa shape index (κ2) is 17.4. The van der Waals surface area contributed by atoms with Gasteiger partial charge in [0.1, 0.15) is 27.8 Å². The van der Waals surface area contributed by atoms with Crippen LogP contribution in [0.25, 0.3) is 6.08 Å². The first-order valence-corrected chi connectivity index (χ1v) is 18.5. The molecule has 5 rings (SSSR count). The Labute approximate surface area is 320 Å². The molecule has 0 unspecified atom stereocenters. The Hall–Kier alpha value is -5.80. The Bertz CT molecular complexity index is 2090. The number of esters is 1. The topological polar surface area (TPSA) is 173 Å². The number of hydrogen-bond donors (Lipinski definition) is 4. The van der Waals surface area contributed by atoms with Gasteiger partial charge >= 0.3 is 12.1 Å².